The fraction of sp³-hybridized carbons (Fsp3) is 0.600. The number of fused-ring (bicyclic) bond motifs is 1. The molecule has 0 spiro atoms. The maximum absolute atomic E-state index is 11.3. The zero-order valence-electron chi connectivity index (χ0n) is 12.1. The molecule has 0 bridgehead atoms. The first kappa shape index (κ1) is 14.1. The zero-order valence-corrected chi connectivity index (χ0v) is 12.1. The second-order valence-electron chi connectivity index (χ2n) is 5.59. The standard InChI is InChI=1S/C15H20N2O4/c1-2-16-12(10-3-4-10)7-11-8-14-15(21-6-5-20-14)9-13(11)17(18)19/h8-10,12,16H,2-7H2,1H3. The first-order chi connectivity index (χ1) is 10.2. The number of nitro benzene ring substituents is 1. The molecular formula is C15H20N2O4. The van der Waals surface area contributed by atoms with Crippen LogP contribution in [0.4, 0.5) is 5.69 Å². The summed E-state index contributed by atoms with van der Waals surface area (Å²) in [6, 6.07) is 3.58. The lowest BCUT2D eigenvalue weighted by Gasteiger charge is -2.21. The van der Waals surface area contributed by atoms with Crippen molar-refractivity contribution in [2.75, 3.05) is 19.8 Å². The summed E-state index contributed by atoms with van der Waals surface area (Å²) >= 11 is 0. The summed E-state index contributed by atoms with van der Waals surface area (Å²) in [6.07, 6.45) is 3.07. The minimum Gasteiger partial charge on any atom is -0.486 e. The van der Waals surface area contributed by atoms with Gasteiger partial charge in [0.1, 0.15) is 13.2 Å². The Morgan fingerprint density at radius 3 is 2.57 bits per heavy atom. The van der Waals surface area contributed by atoms with E-state index < -0.39 is 0 Å². The van der Waals surface area contributed by atoms with E-state index in [1.807, 2.05) is 0 Å². The van der Waals surface area contributed by atoms with Crippen molar-refractivity contribution < 1.29 is 14.4 Å². The molecule has 1 saturated carbocycles. The number of rotatable bonds is 6. The van der Waals surface area contributed by atoms with Crippen LogP contribution in [-0.2, 0) is 6.42 Å². The molecule has 1 aromatic carbocycles. The fourth-order valence-electron chi connectivity index (χ4n) is 2.86. The number of hydrogen-bond donors (Lipinski definition) is 1. The van der Waals surface area contributed by atoms with Crippen molar-refractivity contribution >= 4 is 5.69 Å². The fourth-order valence-corrected chi connectivity index (χ4v) is 2.86. The lowest BCUT2D eigenvalue weighted by atomic mass is 9.99. The van der Waals surface area contributed by atoms with Crippen molar-refractivity contribution in [2.45, 2.75) is 32.2 Å². The Morgan fingerprint density at radius 1 is 1.33 bits per heavy atom. The molecular weight excluding hydrogens is 272 g/mol. The van der Waals surface area contributed by atoms with Gasteiger partial charge in [0.15, 0.2) is 11.5 Å². The van der Waals surface area contributed by atoms with E-state index in [0.717, 1.165) is 12.1 Å². The highest BCUT2D eigenvalue weighted by Crippen LogP contribution is 2.39. The third kappa shape index (κ3) is 3.10. The van der Waals surface area contributed by atoms with Gasteiger partial charge in [-0.3, -0.25) is 10.1 Å². The number of benzene rings is 1. The van der Waals surface area contributed by atoms with Crippen LogP contribution in [-0.4, -0.2) is 30.7 Å². The maximum atomic E-state index is 11.3. The van der Waals surface area contributed by atoms with E-state index in [4.69, 9.17) is 9.47 Å². The normalized spacial score (nSPS) is 18.3. The molecule has 6 heteroatoms. The molecule has 1 aliphatic carbocycles. The smallest absolute Gasteiger partial charge is 0.276 e. The topological polar surface area (TPSA) is 73.6 Å². The second kappa shape index (κ2) is 5.89. The van der Waals surface area contributed by atoms with Gasteiger partial charge in [-0.05, 0) is 37.8 Å². The molecule has 1 aliphatic heterocycles. The predicted molar refractivity (Wildman–Crippen MR) is 78.0 cm³/mol. The number of ether oxygens (including phenoxy) is 2. The van der Waals surface area contributed by atoms with Crippen molar-refractivity contribution in [3.8, 4) is 11.5 Å². The molecule has 3 rings (SSSR count). The Labute approximate surface area is 123 Å². The third-order valence-electron chi connectivity index (χ3n) is 4.04. The number of nitrogens with zero attached hydrogens (tertiary/aromatic N) is 1. The molecule has 0 amide bonds. The Kier molecular flexibility index (Phi) is 3.96. The third-order valence-corrected chi connectivity index (χ3v) is 4.04. The maximum Gasteiger partial charge on any atom is 0.276 e. The van der Waals surface area contributed by atoms with Crippen molar-refractivity contribution in [1.82, 2.24) is 5.32 Å². The average Bonchev–Trinajstić information content (AvgIpc) is 3.30. The van der Waals surface area contributed by atoms with Crippen molar-refractivity contribution in [3.63, 3.8) is 0 Å². The molecule has 2 aliphatic rings. The van der Waals surface area contributed by atoms with E-state index >= 15 is 0 Å². The molecule has 0 aromatic heterocycles. The lowest BCUT2D eigenvalue weighted by molar-refractivity contribution is -0.385. The van der Waals surface area contributed by atoms with Gasteiger partial charge in [-0.1, -0.05) is 6.92 Å². The quantitative estimate of drug-likeness (QED) is 0.643. The van der Waals surface area contributed by atoms with Gasteiger partial charge in [-0.15, -0.1) is 0 Å². The summed E-state index contributed by atoms with van der Waals surface area (Å²) in [5.74, 6) is 1.73. The molecule has 1 fully saturated rings. The minimum atomic E-state index is -0.330. The Hall–Kier alpha value is -1.82. The van der Waals surface area contributed by atoms with Gasteiger partial charge >= 0.3 is 0 Å². The van der Waals surface area contributed by atoms with Crippen molar-refractivity contribution in [1.29, 1.82) is 0 Å². The van der Waals surface area contributed by atoms with Crippen LogP contribution in [0.3, 0.4) is 0 Å². The highest BCUT2D eigenvalue weighted by Gasteiger charge is 2.33. The Balaban J connectivity index is 1.89. The van der Waals surface area contributed by atoms with Gasteiger partial charge < -0.3 is 14.8 Å². The number of hydrogen-bond acceptors (Lipinski definition) is 5. The van der Waals surface area contributed by atoms with Crippen LogP contribution in [0.1, 0.15) is 25.3 Å². The lowest BCUT2D eigenvalue weighted by Crippen LogP contribution is -2.33. The largest absolute Gasteiger partial charge is 0.486 e. The molecule has 114 valence electrons. The van der Waals surface area contributed by atoms with E-state index in [2.05, 4.69) is 12.2 Å². The van der Waals surface area contributed by atoms with Gasteiger partial charge in [0, 0.05) is 11.6 Å². The molecule has 1 N–H and O–H groups in total. The van der Waals surface area contributed by atoms with Crippen LogP contribution in [0.2, 0.25) is 0 Å². The van der Waals surface area contributed by atoms with Crippen LogP contribution < -0.4 is 14.8 Å². The van der Waals surface area contributed by atoms with Gasteiger partial charge in [-0.25, -0.2) is 0 Å². The van der Waals surface area contributed by atoms with Crippen LogP contribution in [0.15, 0.2) is 12.1 Å². The Morgan fingerprint density at radius 2 is 2.00 bits per heavy atom. The second-order valence-corrected chi connectivity index (χ2v) is 5.59. The minimum absolute atomic E-state index is 0.128. The first-order valence-electron chi connectivity index (χ1n) is 7.49. The summed E-state index contributed by atoms with van der Waals surface area (Å²) in [7, 11) is 0. The predicted octanol–water partition coefficient (Wildman–Crippen LogP) is 2.30. The van der Waals surface area contributed by atoms with Crippen molar-refractivity contribution in [3.05, 3.63) is 27.8 Å². The monoisotopic (exact) mass is 292 g/mol. The van der Waals surface area contributed by atoms with Gasteiger partial charge in [0.2, 0.25) is 0 Å². The summed E-state index contributed by atoms with van der Waals surface area (Å²) in [5.41, 5.74) is 0.852. The SMILES string of the molecule is CCNC(Cc1cc2c(cc1[N+](=O)[O-])OCCO2)C1CC1. The van der Waals surface area contributed by atoms with E-state index in [1.54, 1.807) is 6.07 Å². The summed E-state index contributed by atoms with van der Waals surface area (Å²) in [5, 5.41) is 14.8. The summed E-state index contributed by atoms with van der Waals surface area (Å²) in [6.45, 7) is 3.86. The van der Waals surface area contributed by atoms with Crippen LogP contribution >= 0.6 is 0 Å². The molecule has 6 nitrogen and oxygen atoms in total. The van der Waals surface area contributed by atoms with E-state index in [0.29, 0.717) is 43.1 Å². The summed E-state index contributed by atoms with van der Waals surface area (Å²) in [4.78, 5) is 11.0. The molecule has 1 unspecified atom stereocenters. The van der Waals surface area contributed by atoms with E-state index in [-0.39, 0.29) is 10.6 Å². The first-order valence-corrected chi connectivity index (χ1v) is 7.49. The molecule has 0 saturated heterocycles. The number of nitro groups is 1. The average molecular weight is 292 g/mol. The molecule has 1 heterocycles. The van der Waals surface area contributed by atoms with Crippen LogP contribution in [0, 0.1) is 16.0 Å². The van der Waals surface area contributed by atoms with E-state index in [1.165, 1.54) is 18.9 Å². The van der Waals surface area contributed by atoms with E-state index in [9.17, 15) is 10.1 Å². The summed E-state index contributed by atoms with van der Waals surface area (Å²) < 4.78 is 11.0. The highest BCUT2D eigenvalue weighted by atomic mass is 16.6. The number of likely N-dealkylation sites (N-methyl/N-ethyl adjacent to an activating group) is 1. The zero-order chi connectivity index (χ0) is 14.8. The van der Waals surface area contributed by atoms with Crippen molar-refractivity contribution in [2.24, 2.45) is 5.92 Å². The highest BCUT2D eigenvalue weighted by molar-refractivity contribution is 5.55. The molecule has 0 radical (unpaired) electrons. The van der Waals surface area contributed by atoms with Crippen LogP contribution in [0.25, 0.3) is 0 Å². The number of nitrogens with one attached hydrogen (secondary N) is 1. The van der Waals surface area contributed by atoms with Crippen LogP contribution in [0.5, 0.6) is 11.5 Å². The Bertz CT molecular complexity index is 543. The molecule has 21 heavy (non-hydrogen) atoms. The van der Waals surface area contributed by atoms with Gasteiger partial charge in [0.25, 0.3) is 5.69 Å². The molecule has 1 aromatic rings. The van der Waals surface area contributed by atoms with Gasteiger partial charge in [-0.2, -0.15) is 0 Å². The molecule has 1 atom stereocenters. The van der Waals surface area contributed by atoms with Gasteiger partial charge in [0.05, 0.1) is 11.0 Å².